The molecule has 0 radical (unpaired) electrons. The molecule has 0 fully saturated rings. The van der Waals surface area contributed by atoms with Gasteiger partial charge >= 0.3 is 0 Å². The number of hydrogen-bond donors (Lipinski definition) is 1. The van der Waals surface area contributed by atoms with Crippen molar-refractivity contribution < 1.29 is 4.79 Å². The number of rotatable bonds is 3. The molecule has 1 aliphatic rings. The van der Waals surface area contributed by atoms with E-state index in [1.54, 1.807) is 18.3 Å². The van der Waals surface area contributed by atoms with Gasteiger partial charge in [-0.3, -0.25) is 4.79 Å². The molecule has 2 aromatic rings. The Hall–Kier alpha value is -2.37. The van der Waals surface area contributed by atoms with Crippen molar-refractivity contribution in [1.29, 1.82) is 0 Å². The molecule has 0 spiro atoms. The minimum absolute atomic E-state index is 0.0472. The predicted molar refractivity (Wildman–Crippen MR) is 80.4 cm³/mol. The second-order valence-electron chi connectivity index (χ2n) is 5.50. The van der Waals surface area contributed by atoms with Crippen LogP contribution in [0.4, 0.5) is 5.82 Å². The molecule has 6 heteroatoms. The molecule has 6 nitrogen and oxygen atoms in total. The highest BCUT2D eigenvalue weighted by Crippen LogP contribution is 2.14. The summed E-state index contributed by atoms with van der Waals surface area (Å²) in [7, 11) is 3.82. The third kappa shape index (κ3) is 2.89. The zero-order chi connectivity index (χ0) is 14.8. The van der Waals surface area contributed by atoms with E-state index in [2.05, 4.69) is 19.9 Å². The first-order valence-electron chi connectivity index (χ1n) is 7.08. The number of aryl methyl sites for hydroxylation is 1. The van der Waals surface area contributed by atoms with Gasteiger partial charge in [0.25, 0.3) is 5.91 Å². The number of carbonyl (C=O) groups excluding carboxylic acids is 1. The van der Waals surface area contributed by atoms with Crippen LogP contribution in [-0.4, -0.2) is 40.6 Å². The zero-order valence-electron chi connectivity index (χ0n) is 12.3. The van der Waals surface area contributed by atoms with Gasteiger partial charge in [0.05, 0.1) is 0 Å². The van der Waals surface area contributed by atoms with Crippen LogP contribution < -0.4 is 10.2 Å². The molecule has 110 valence electrons. The Morgan fingerprint density at radius 3 is 3.05 bits per heavy atom. The van der Waals surface area contributed by atoms with Crippen molar-refractivity contribution in [3.8, 4) is 0 Å². The maximum absolute atomic E-state index is 12.4. The van der Waals surface area contributed by atoms with E-state index in [0.717, 1.165) is 31.0 Å². The third-order valence-electron chi connectivity index (χ3n) is 3.74. The first-order valence-corrected chi connectivity index (χ1v) is 7.08. The Labute approximate surface area is 123 Å². The van der Waals surface area contributed by atoms with Gasteiger partial charge in [-0.15, -0.1) is 0 Å². The standard InChI is InChI=1S/C15H19N5O/c1-19(2)14-9-11(5-6-16-14)15(21)18-12-3-4-13-17-7-8-20(13)10-12/h5-9,12H,3-4,10H2,1-2H3,(H,18,21)/t12-/m0/s1. The Morgan fingerprint density at radius 1 is 1.38 bits per heavy atom. The average molecular weight is 285 g/mol. The summed E-state index contributed by atoms with van der Waals surface area (Å²) in [5.41, 5.74) is 0.644. The number of anilines is 1. The van der Waals surface area contributed by atoms with Crippen molar-refractivity contribution in [2.75, 3.05) is 19.0 Å². The molecule has 0 aromatic carbocycles. The van der Waals surface area contributed by atoms with E-state index in [4.69, 9.17) is 0 Å². The number of imidazole rings is 1. The Balaban J connectivity index is 1.68. The van der Waals surface area contributed by atoms with E-state index in [1.807, 2.05) is 31.4 Å². The van der Waals surface area contributed by atoms with Gasteiger partial charge in [-0.1, -0.05) is 0 Å². The number of nitrogens with zero attached hydrogens (tertiary/aromatic N) is 4. The number of aromatic nitrogens is 3. The fourth-order valence-electron chi connectivity index (χ4n) is 2.56. The smallest absolute Gasteiger partial charge is 0.251 e. The monoisotopic (exact) mass is 285 g/mol. The number of fused-ring (bicyclic) bond motifs is 1. The molecule has 21 heavy (non-hydrogen) atoms. The highest BCUT2D eigenvalue weighted by atomic mass is 16.1. The van der Waals surface area contributed by atoms with Crippen molar-refractivity contribution in [3.63, 3.8) is 0 Å². The molecule has 1 N–H and O–H groups in total. The molecule has 1 aliphatic heterocycles. The van der Waals surface area contributed by atoms with Crippen molar-refractivity contribution in [1.82, 2.24) is 19.9 Å². The molecule has 0 bridgehead atoms. The van der Waals surface area contributed by atoms with Crippen LogP contribution in [0.2, 0.25) is 0 Å². The minimum Gasteiger partial charge on any atom is -0.363 e. The van der Waals surface area contributed by atoms with E-state index < -0.39 is 0 Å². The summed E-state index contributed by atoms with van der Waals surface area (Å²) in [4.78, 5) is 22.8. The lowest BCUT2D eigenvalue weighted by Gasteiger charge is -2.24. The topological polar surface area (TPSA) is 63.1 Å². The molecular formula is C15H19N5O. The molecule has 3 heterocycles. The zero-order valence-corrected chi connectivity index (χ0v) is 12.3. The fourth-order valence-corrected chi connectivity index (χ4v) is 2.56. The van der Waals surface area contributed by atoms with Gasteiger partial charge in [0, 0.05) is 57.3 Å². The molecule has 0 saturated heterocycles. The number of pyridine rings is 1. The van der Waals surface area contributed by atoms with E-state index in [1.165, 1.54) is 0 Å². The van der Waals surface area contributed by atoms with Gasteiger partial charge in [-0.2, -0.15) is 0 Å². The highest BCUT2D eigenvalue weighted by Gasteiger charge is 2.21. The lowest BCUT2D eigenvalue weighted by molar-refractivity contribution is 0.0927. The first kappa shape index (κ1) is 13.6. The molecule has 0 aliphatic carbocycles. The molecular weight excluding hydrogens is 266 g/mol. The Bertz CT molecular complexity index is 649. The maximum atomic E-state index is 12.4. The van der Waals surface area contributed by atoms with Gasteiger partial charge in [0.15, 0.2) is 0 Å². The number of hydrogen-bond acceptors (Lipinski definition) is 4. The Kier molecular flexibility index (Phi) is 3.60. The van der Waals surface area contributed by atoms with Crippen LogP contribution in [0.5, 0.6) is 0 Å². The van der Waals surface area contributed by atoms with Crippen LogP contribution in [0.3, 0.4) is 0 Å². The van der Waals surface area contributed by atoms with Crippen molar-refractivity contribution in [2.45, 2.75) is 25.4 Å². The lowest BCUT2D eigenvalue weighted by atomic mass is 10.1. The summed E-state index contributed by atoms with van der Waals surface area (Å²) in [5, 5.41) is 3.10. The average Bonchev–Trinajstić information content (AvgIpc) is 2.95. The van der Waals surface area contributed by atoms with Crippen molar-refractivity contribution in [2.24, 2.45) is 0 Å². The van der Waals surface area contributed by atoms with Crippen molar-refractivity contribution in [3.05, 3.63) is 42.1 Å². The first-order chi connectivity index (χ1) is 10.1. The summed E-state index contributed by atoms with van der Waals surface area (Å²) in [6.45, 7) is 0.784. The van der Waals surface area contributed by atoms with Gasteiger partial charge < -0.3 is 14.8 Å². The van der Waals surface area contributed by atoms with Gasteiger partial charge in [-0.05, 0) is 18.6 Å². The summed E-state index contributed by atoms with van der Waals surface area (Å²) in [6, 6.07) is 3.70. The second kappa shape index (κ2) is 5.55. The van der Waals surface area contributed by atoms with Crippen LogP contribution in [0.1, 0.15) is 22.6 Å². The molecule has 0 unspecified atom stereocenters. The van der Waals surface area contributed by atoms with Gasteiger partial charge in [0.2, 0.25) is 0 Å². The fraction of sp³-hybridized carbons (Fsp3) is 0.400. The van der Waals surface area contributed by atoms with Crippen LogP contribution in [0.15, 0.2) is 30.7 Å². The molecule has 1 atom stereocenters. The quantitative estimate of drug-likeness (QED) is 0.917. The summed E-state index contributed by atoms with van der Waals surface area (Å²) in [6.07, 6.45) is 7.26. The van der Waals surface area contributed by atoms with Crippen molar-refractivity contribution >= 4 is 11.7 Å². The van der Waals surface area contributed by atoms with Crippen LogP contribution in [0, 0.1) is 0 Å². The normalized spacial score (nSPS) is 17.1. The summed E-state index contributed by atoms with van der Waals surface area (Å²) < 4.78 is 2.10. The summed E-state index contributed by atoms with van der Waals surface area (Å²) >= 11 is 0. The Morgan fingerprint density at radius 2 is 2.24 bits per heavy atom. The largest absolute Gasteiger partial charge is 0.363 e. The number of carbonyl (C=O) groups is 1. The van der Waals surface area contributed by atoms with Gasteiger partial charge in [0.1, 0.15) is 11.6 Å². The van der Waals surface area contributed by atoms with Crippen LogP contribution >= 0.6 is 0 Å². The van der Waals surface area contributed by atoms with Crippen LogP contribution in [0.25, 0.3) is 0 Å². The van der Waals surface area contributed by atoms with E-state index in [-0.39, 0.29) is 11.9 Å². The van der Waals surface area contributed by atoms with E-state index in [9.17, 15) is 4.79 Å². The minimum atomic E-state index is -0.0472. The highest BCUT2D eigenvalue weighted by molar-refractivity contribution is 5.95. The molecule has 1 amide bonds. The van der Waals surface area contributed by atoms with E-state index >= 15 is 0 Å². The molecule has 0 saturated carbocycles. The molecule has 3 rings (SSSR count). The van der Waals surface area contributed by atoms with Crippen LogP contribution in [-0.2, 0) is 13.0 Å². The number of nitrogens with one attached hydrogen (secondary N) is 1. The predicted octanol–water partition coefficient (Wildman–Crippen LogP) is 1.09. The molecule has 2 aromatic heterocycles. The maximum Gasteiger partial charge on any atom is 0.251 e. The number of amides is 1. The second-order valence-corrected chi connectivity index (χ2v) is 5.50. The SMILES string of the molecule is CN(C)c1cc(C(=O)N[C@H]2CCc3nccn3C2)ccn1. The summed E-state index contributed by atoms with van der Waals surface area (Å²) in [5.74, 6) is 1.83. The van der Waals surface area contributed by atoms with Gasteiger partial charge in [-0.25, -0.2) is 9.97 Å². The lowest BCUT2D eigenvalue weighted by Crippen LogP contribution is -2.40. The van der Waals surface area contributed by atoms with E-state index in [0.29, 0.717) is 5.56 Å². The third-order valence-corrected chi connectivity index (χ3v) is 3.74.